The highest BCUT2D eigenvalue weighted by molar-refractivity contribution is 6.05. The second kappa shape index (κ2) is 11.6. The van der Waals surface area contributed by atoms with Crippen LogP contribution >= 0.6 is 0 Å². The molecule has 8 nitrogen and oxygen atoms in total. The molecule has 1 unspecified atom stereocenters. The molecule has 34 heavy (non-hydrogen) atoms. The fourth-order valence-corrected chi connectivity index (χ4v) is 3.25. The average molecular weight is 461 g/mol. The van der Waals surface area contributed by atoms with Crippen molar-refractivity contribution in [1.82, 2.24) is 15.2 Å². The summed E-state index contributed by atoms with van der Waals surface area (Å²) in [5.41, 5.74) is 2.11. The Labute approximate surface area is 199 Å². The van der Waals surface area contributed by atoms with Crippen LogP contribution in [-0.4, -0.2) is 48.3 Å². The van der Waals surface area contributed by atoms with E-state index in [1.165, 1.54) is 11.1 Å². The Bertz CT molecular complexity index is 1150. The van der Waals surface area contributed by atoms with Gasteiger partial charge in [-0.05, 0) is 42.8 Å². The van der Waals surface area contributed by atoms with Gasteiger partial charge in [0.05, 0.1) is 11.6 Å². The molecule has 0 radical (unpaired) electrons. The number of hydrogen-bond donors (Lipinski definition) is 2. The Balaban J connectivity index is 1.72. The van der Waals surface area contributed by atoms with Crippen molar-refractivity contribution < 1.29 is 19.1 Å². The summed E-state index contributed by atoms with van der Waals surface area (Å²) >= 11 is 0. The molecule has 0 aliphatic carbocycles. The molecule has 2 N–H and O–H groups in total. The number of nitrogens with zero attached hydrogens (tertiary/aromatic N) is 2. The van der Waals surface area contributed by atoms with Crippen molar-refractivity contribution in [1.29, 1.82) is 0 Å². The Hall–Kier alpha value is -4.20. The number of para-hydroxylation sites is 1. The minimum Gasteiger partial charge on any atom is -0.483 e. The highest BCUT2D eigenvalue weighted by Gasteiger charge is 2.19. The third-order valence-corrected chi connectivity index (χ3v) is 5.16. The number of aromatic nitrogens is 1. The molecule has 0 spiro atoms. The zero-order valence-corrected chi connectivity index (χ0v) is 19.4. The summed E-state index contributed by atoms with van der Waals surface area (Å²) in [6.45, 7) is 1.87. The van der Waals surface area contributed by atoms with E-state index in [-0.39, 0.29) is 30.4 Å². The monoisotopic (exact) mass is 460 g/mol. The molecule has 1 heterocycles. The second-order valence-corrected chi connectivity index (χ2v) is 7.83. The minimum atomic E-state index is -0.327. The van der Waals surface area contributed by atoms with Crippen LogP contribution in [0.2, 0.25) is 0 Å². The van der Waals surface area contributed by atoms with Gasteiger partial charge >= 0.3 is 0 Å². The quantitative estimate of drug-likeness (QED) is 0.507. The van der Waals surface area contributed by atoms with E-state index in [1.54, 1.807) is 62.8 Å². The first-order chi connectivity index (χ1) is 16.4. The summed E-state index contributed by atoms with van der Waals surface area (Å²) in [6, 6.07) is 17.1. The highest BCUT2D eigenvalue weighted by atomic mass is 16.5. The summed E-state index contributed by atoms with van der Waals surface area (Å²) in [5, 5.41) is 5.81. The van der Waals surface area contributed by atoms with E-state index in [4.69, 9.17) is 4.74 Å². The smallest absolute Gasteiger partial charge is 0.259 e. The molecule has 0 saturated heterocycles. The van der Waals surface area contributed by atoms with Crippen molar-refractivity contribution in [2.45, 2.75) is 19.4 Å². The number of amides is 3. The van der Waals surface area contributed by atoms with Crippen LogP contribution in [0.4, 0.5) is 5.69 Å². The summed E-state index contributed by atoms with van der Waals surface area (Å²) in [6.07, 6.45) is 3.68. The van der Waals surface area contributed by atoms with Gasteiger partial charge < -0.3 is 20.3 Å². The van der Waals surface area contributed by atoms with Crippen LogP contribution in [0.25, 0.3) is 0 Å². The Morgan fingerprint density at radius 3 is 2.44 bits per heavy atom. The Morgan fingerprint density at radius 2 is 1.74 bits per heavy atom. The van der Waals surface area contributed by atoms with Crippen LogP contribution < -0.4 is 15.4 Å². The first-order valence-electron chi connectivity index (χ1n) is 10.9. The molecule has 2 aromatic carbocycles. The molecule has 1 aromatic heterocycles. The summed E-state index contributed by atoms with van der Waals surface area (Å²) in [7, 11) is 3.33. The topological polar surface area (TPSA) is 101 Å². The summed E-state index contributed by atoms with van der Waals surface area (Å²) < 4.78 is 5.74. The Kier molecular flexibility index (Phi) is 8.34. The van der Waals surface area contributed by atoms with Crippen LogP contribution in [0, 0.1) is 0 Å². The fourth-order valence-electron chi connectivity index (χ4n) is 3.25. The van der Waals surface area contributed by atoms with Crippen molar-refractivity contribution in [3.8, 4) is 5.75 Å². The van der Waals surface area contributed by atoms with Gasteiger partial charge in [0.15, 0.2) is 6.61 Å². The van der Waals surface area contributed by atoms with Gasteiger partial charge in [-0.15, -0.1) is 0 Å². The molecule has 8 heteroatoms. The highest BCUT2D eigenvalue weighted by Crippen LogP contribution is 2.28. The molecule has 0 saturated carbocycles. The van der Waals surface area contributed by atoms with E-state index < -0.39 is 0 Å². The van der Waals surface area contributed by atoms with Gasteiger partial charge in [0.25, 0.3) is 17.7 Å². The van der Waals surface area contributed by atoms with Crippen molar-refractivity contribution in [2.24, 2.45) is 0 Å². The lowest BCUT2D eigenvalue weighted by Gasteiger charge is -2.21. The van der Waals surface area contributed by atoms with Crippen LogP contribution in [0.3, 0.4) is 0 Å². The van der Waals surface area contributed by atoms with Gasteiger partial charge in [-0.3, -0.25) is 19.4 Å². The van der Waals surface area contributed by atoms with Gasteiger partial charge in [-0.1, -0.05) is 31.2 Å². The van der Waals surface area contributed by atoms with Crippen molar-refractivity contribution in [2.75, 3.05) is 26.0 Å². The van der Waals surface area contributed by atoms with Crippen molar-refractivity contribution >= 4 is 23.4 Å². The van der Waals surface area contributed by atoms with Crippen molar-refractivity contribution in [3.05, 3.63) is 89.7 Å². The number of carbonyl (C=O) groups excluding carboxylic acids is 3. The maximum atomic E-state index is 13.0. The molecular formula is C26H28N4O4. The predicted molar refractivity (Wildman–Crippen MR) is 130 cm³/mol. The number of rotatable bonds is 9. The third-order valence-electron chi connectivity index (χ3n) is 5.16. The van der Waals surface area contributed by atoms with E-state index in [9.17, 15) is 14.4 Å². The molecule has 0 aliphatic heterocycles. The van der Waals surface area contributed by atoms with E-state index >= 15 is 0 Å². The minimum absolute atomic E-state index is 0.0902. The molecule has 3 amide bonds. The molecule has 3 rings (SSSR count). The molecule has 176 valence electrons. The summed E-state index contributed by atoms with van der Waals surface area (Å²) in [4.78, 5) is 42.8. The molecule has 3 aromatic rings. The number of likely N-dealkylation sites (N-methyl/N-ethyl adjacent to an activating group) is 1. The third kappa shape index (κ3) is 6.41. The average Bonchev–Trinajstić information content (AvgIpc) is 2.86. The normalized spacial score (nSPS) is 11.3. The van der Waals surface area contributed by atoms with Gasteiger partial charge in [-0.2, -0.15) is 0 Å². The molecule has 0 aliphatic rings. The standard InChI is InChI=1S/C26H28N4O4/c1-4-22(21-12-5-6-13-23(21)34-17-24(31)30(2)3)29-25(32)18-9-7-11-20(15-18)28-26(33)19-10-8-14-27-16-19/h5-16,22H,4,17H2,1-3H3,(H,28,33)(H,29,32). The van der Waals surface area contributed by atoms with Crippen LogP contribution in [0.15, 0.2) is 73.1 Å². The molecule has 1 atom stereocenters. The van der Waals surface area contributed by atoms with E-state index in [0.29, 0.717) is 29.0 Å². The molecule has 0 bridgehead atoms. The van der Waals surface area contributed by atoms with Crippen LogP contribution in [-0.2, 0) is 4.79 Å². The number of hydrogen-bond acceptors (Lipinski definition) is 5. The molecule has 0 fully saturated rings. The lowest BCUT2D eigenvalue weighted by atomic mass is 10.0. The first kappa shape index (κ1) is 24.4. The van der Waals surface area contributed by atoms with Gasteiger partial charge in [-0.25, -0.2) is 0 Å². The fraction of sp³-hybridized carbons (Fsp3) is 0.231. The SMILES string of the molecule is CCC(NC(=O)c1cccc(NC(=O)c2cccnc2)c1)c1ccccc1OCC(=O)N(C)C. The maximum Gasteiger partial charge on any atom is 0.259 e. The maximum absolute atomic E-state index is 13.0. The predicted octanol–water partition coefficient (Wildman–Crippen LogP) is 3.68. The van der Waals surface area contributed by atoms with Gasteiger partial charge in [0.2, 0.25) is 0 Å². The zero-order valence-electron chi connectivity index (χ0n) is 19.4. The summed E-state index contributed by atoms with van der Waals surface area (Å²) in [5.74, 6) is -0.210. The number of pyridine rings is 1. The number of carbonyl (C=O) groups is 3. The first-order valence-corrected chi connectivity index (χ1v) is 10.9. The van der Waals surface area contributed by atoms with Crippen molar-refractivity contribution in [3.63, 3.8) is 0 Å². The number of benzene rings is 2. The van der Waals surface area contributed by atoms with Gasteiger partial charge in [0.1, 0.15) is 5.75 Å². The second-order valence-electron chi connectivity index (χ2n) is 7.83. The van der Waals surface area contributed by atoms with E-state index in [1.807, 2.05) is 25.1 Å². The number of ether oxygens (including phenoxy) is 1. The zero-order chi connectivity index (χ0) is 24.5. The molecular weight excluding hydrogens is 432 g/mol. The lowest BCUT2D eigenvalue weighted by molar-refractivity contribution is -0.130. The lowest BCUT2D eigenvalue weighted by Crippen LogP contribution is -2.30. The van der Waals surface area contributed by atoms with Crippen LogP contribution in [0.5, 0.6) is 5.75 Å². The Morgan fingerprint density at radius 1 is 0.971 bits per heavy atom. The largest absolute Gasteiger partial charge is 0.483 e. The van der Waals surface area contributed by atoms with Gasteiger partial charge in [0, 0.05) is 43.3 Å². The van der Waals surface area contributed by atoms with E-state index in [2.05, 4.69) is 15.6 Å². The number of nitrogens with one attached hydrogen (secondary N) is 2. The number of anilines is 1. The van der Waals surface area contributed by atoms with Crippen LogP contribution in [0.1, 0.15) is 45.7 Å². The van der Waals surface area contributed by atoms with E-state index in [0.717, 1.165) is 5.56 Å².